The first-order valence-electron chi connectivity index (χ1n) is 4.29. The molecule has 0 spiro atoms. The van der Waals surface area contributed by atoms with Gasteiger partial charge in [-0.3, -0.25) is 9.52 Å². The van der Waals surface area contributed by atoms with E-state index >= 15 is 0 Å². The Labute approximate surface area is 78.8 Å². The maximum atomic E-state index is 11.3. The highest BCUT2D eigenvalue weighted by Crippen LogP contribution is 2.28. The predicted molar refractivity (Wildman–Crippen MR) is 49.5 cm³/mol. The third-order valence-electron chi connectivity index (χ3n) is 1.88. The first kappa shape index (κ1) is 10.5. The van der Waals surface area contributed by atoms with Gasteiger partial charge in [-0.25, -0.2) is 8.42 Å². The lowest BCUT2D eigenvalue weighted by molar-refractivity contribution is -0.126. The number of carbonyl (C=O) groups excluding carboxylic acids is 1. The molecule has 13 heavy (non-hydrogen) atoms. The van der Waals surface area contributed by atoms with Gasteiger partial charge in [0.25, 0.3) is 0 Å². The van der Waals surface area contributed by atoms with Crippen molar-refractivity contribution in [1.82, 2.24) is 4.72 Å². The second-order valence-corrected chi connectivity index (χ2v) is 6.39. The molecular formula is C8H15NO3S. The van der Waals surface area contributed by atoms with Gasteiger partial charge in [0.2, 0.25) is 15.9 Å². The standard InChI is InChI=1S/C8H15NO3S/c1-8(2,3)7(10)9-13(11,12)6-4-5-6/h6H,4-5H2,1-3H3,(H,9,10). The van der Waals surface area contributed by atoms with E-state index < -0.39 is 21.3 Å². The van der Waals surface area contributed by atoms with Crippen LogP contribution in [0.1, 0.15) is 33.6 Å². The first-order valence-corrected chi connectivity index (χ1v) is 5.84. The Morgan fingerprint density at radius 3 is 2.08 bits per heavy atom. The van der Waals surface area contributed by atoms with Crippen LogP contribution in [-0.2, 0) is 14.8 Å². The fourth-order valence-electron chi connectivity index (χ4n) is 0.744. The molecule has 0 saturated heterocycles. The third-order valence-corrected chi connectivity index (χ3v) is 3.70. The van der Waals surface area contributed by atoms with Gasteiger partial charge in [0.15, 0.2) is 0 Å². The van der Waals surface area contributed by atoms with Crippen LogP contribution in [0, 0.1) is 5.41 Å². The summed E-state index contributed by atoms with van der Waals surface area (Å²) in [6, 6.07) is 0. The van der Waals surface area contributed by atoms with E-state index in [1.807, 2.05) is 0 Å². The van der Waals surface area contributed by atoms with Crippen LogP contribution in [0.4, 0.5) is 0 Å². The summed E-state index contributed by atoms with van der Waals surface area (Å²) < 4.78 is 24.7. The molecule has 1 aliphatic carbocycles. The van der Waals surface area contributed by atoms with Crippen molar-refractivity contribution in [2.24, 2.45) is 5.41 Å². The summed E-state index contributed by atoms with van der Waals surface area (Å²) in [6.07, 6.45) is 1.35. The van der Waals surface area contributed by atoms with E-state index in [0.29, 0.717) is 12.8 Å². The lowest BCUT2D eigenvalue weighted by Gasteiger charge is -2.17. The Kier molecular flexibility index (Phi) is 2.40. The van der Waals surface area contributed by atoms with Crippen LogP contribution in [0.3, 0.4) is 0 Å². The van der Waals surface area contributed by atoms with Gasteiger partial charge in [-0.15, -0.1) is 0 Å². The monoisotopic (exact) mass is 205 g/mol. The Balaban J connectivity index is 2.64. The van der Waals surface area contributed by atoms with E-state index in [1.165, 1.54) is 0 Å². The van der Waals surface area contributed by atoms with Crippen LogP contribution in [-0.4, -0.2) is 19.6 Å². The van der Waals surface area contributed by atoms with Crippen LogP contribution in [0.2, 0.25) is 0 Å². The van der Waals surface area contributed by atoms with Crippen LogP contribution in [0.25, 0.3) is 0 Å². The van der Waals surface area contributed by atoms with Crippen molar-refractivity contribution in [3.8, 4) is 0 Å². The molecule has 4 nitrogen and oxygen atoms in total. The Hall–Kier alpha value is -0.580. The minimum atomic E-state index is -3.37. The molecule has 0 unspecified atom stereocenters. The molecule has 0 radical (unpaired) electrons. The predicted octanol–water partition coefficient (Wildman–Crippen LogP) is 0.641. The number of nitrogens with one attached hydrogen (secondary N) is 1. The number of hydrogen-bond acceptors (Lipinski definition) is 3. The number of hydrogen-bond donors (Lipinski definition) is 1. The van der Waals surface area contributed by atoms with Crippen LogP contribution < -0.4 is 4.72 Å². The highest BCUT2D eigenvalue weighted by molar-refractivity contribution is 7.90. The van der Waals surface area contributed by atoms with Gasteiger partial charge in [-0.2, -0.15) is 0 Å². The van der Waals surface area contributed by atoms with E-state index in [9.17, 15) is 13.2 Å². The number of sulfonamides is 1. The zero-order valence-electron chi connectivity index (χ0n) is 8.12. The zero-order chi connectivity index (χ0) is 10.3. The quantitative estimate of drug-likeness (QED) is 0.719. The Morgan fingerprint density at radius 2 is 1.77 bits per heavy atom. The fraction of sp³-hybridized carbons (Fsp3) is 0.875. The summed E-state index contributed by atoms with van der Waals surface area (Å²) in [6.45, 7) is 5.06. The average Bonchev–Trinajstić information content (AvgIpc) is 2.62. The van der Waals surface area contributed by atoms with Gasteiger partial charge in [0.05, 0.1) is 5.25 Å². The van der Waals surface area contributed by atoms with Gasteiger partial charge in [-0.1, -0.05) is 20.8 Å². The van der Waals surface area contributed by atoms with Crippen molar-refractivity contribution in [3.63, 3.8) is 0 Å². The van der Waals surface area contributed by atoms with E-state index in [0.717, 1.165) is 0 Å². The molecule has 0 aromatic rings. The molecule has 1 amide bonds. The maximum absolute atomic E-state index is 11.3. The van der Waals surface area contributed by atoms with Gasteiger partial charge >= 0.3 is 0 Å². The van der Waals surface area contributed by atoms with Crippen molar-refractivity contribution in [3.05, 3.63) is 0 Å². The van der Waals surface area contributed by atoms with Crippen LogP contribution in [0.15, 0.2) is 0 Å². The zero-order valence-corrected chi connectivity index (χ0v) is 8.94. The van der Waals surface area contributed by atoms with Crippen molar-refractivity contribution < 1.29 is 13.2 Å². The number of carbonyl (C=O) groups is 1. The molecule has 1 saturated carbocycles. The Morgan fingerprint density at radius 1 is 1.31 bits per heavy atom. The van der Waals surface area contributed by atoms with Crippen molar-refractivity contribution in [2.75, 3.05) is 0 Å². The van der Waals surface area contributed by atoms with Gasteiger partial charge in [0.1, 0.15) is 0 Å². The highest BCUT2D eigenvalue weighted by Gasteiger charge is 2.38. The summed E-state index contributed by atoms with van der Waals surface area (Å²) in [4.78, 5) is 11.3. The Bertz CT molecular complexity index is 309. The molecule has 1 rings (SSSR count). The van der Waals surface area contributed by atoms with Gasteiger partial charge in [0, 0.05) is 5.41 Å². The lowest BCUT2D eigenvalue weighted by atomic mass is 9.96. The summed E-state index contributed by atoms with van der Waals surface area (Å²) >= 11 is 0. The van der Waals surface area contributed by atoms with E-state index in [4.69, 9.17) is 0 Å². The second-order valence-electron chi connectivity index (χ2n) is 4.43. The maximum Gasteiger partial charge on any atom is 0.238 e. The minimum absolute atomic E-state index is 0.334. The van der Waals surface area contributed by atoms with Crippen LogP contribution >= 0.6 is 0 Å². The molecule has 0 aliphatic heterocycles. The third kappa shape index (κ3) is 2.69. The van der Waals surface area contributed by atoms with E-state index in [2.05, 4.69) is 4.72 Å². The molecule has 76 valence electrons. The molecule has 0 heterocycles. The number of rotatable bonds is 2. The molecule has 1 fully saturated rings. The molecule has 0 aromatic carbocycles. The van der Waals surface area contributed by atoms with Crippen molar-refractivity contribution >= 4 is 15.9 Å². The summed E-state index contributed by atoms with van der Waals surface area (Å²) in [5, 5.41) is -0.334. The van der Waals surface area contributed by atoms with Crippen molar-refractivity contribution in [2.45, 2.75) is 38.9 Å². The van der Waals surface area contributed by atoms with E-state index in [1.54, 1.807) is 20.8 Å². The largest absolute Gasteiger partial charge is 0.273 e. The summed E-state index contributed by atoms with van der Waals surface area (Å²) in [5.74, 6) is -0.431. The van der Waals surface area contributed by atoms with E-state index in [-0.39, 0.29) is 5.25 Å². The molecule has 1 N–H and O–H groups in total. The second kappa shape index (κ2) is 2.97. The summed E-state index contributed by atoms with van der Waals surface area (Å²) in [5.41, 5.74) is -0.651. The van der Waals surface area contributed by atoms with Crippen molar-refractivity contribution in [1.29, 1.82) is 0 Å². The average molecular weight is 205 g/mol. The van der Waals surface area contributed by atoms with Gasteiger partial charge < -0.3 is 0 Å². The summed E-state index contributed by atoms with van der Waals surface area (Å²) in [7, 11) is -3.37. The van der Waals surface area contributed by atoms with Crippen LogP contribution in [0.5, 0.6) is 0 Å². The topological polar surface area (TPSA) is 63.2 Å². The smallest absolute Gasteiger partial charge is 0.238 e. The fourth-order valence-corrected chi connectivity index (χ4v) is 2.23. The molecule has 0 bridgehead atoms. The number of amides is 1. The highest BCUT2D eigenvalue weighted by atomic mass is 32.2. The minimum Gasteiger partial charge on any atom is -0.273 e. The molecular weight excluding hydrogens is 190 g/mol. The van der Waals surface area contributed by atoms with Gasteiger partial charge in [-0.05, 0) is 12.8 Å². The first-order chi connectivity index (χ1) is 5.73. The SMILES string of the molecule is CC(C)(C)C(=O)NS(=O)(=O)C1CC1. The molecule has 1 aliphatic rings. The molecule has 0 aromatic heterocycles. The lowest BCUT2D eigenvalue weighted by Crippen LogP contribution is -2.40. The molecule has 5 heteroatoms. The molecule has 0 atom stereocenters. The normalized spacial score (nSPS) is 18.4.